The molecule has 0 aliphatic rings. The van der Waals surface area contributed by atoms with Crippen molar-refractivity contribution in [3.8, 4) is 11.5 Å². The van der Waals surface area contributed by atoms with Crippen molar-refractivity contribution in [3.63, 3.8) is 0 Å². The molecule has 0 atom stereocenters. The van der Waals surface area contributed by atoms with Crippen LogP contribution in [0.1, 0.15) is 12.5 Å². The molecule has 82 valence electrons. The van der Waals surface area contributed by atoms with Gasteiger partial charge in [-0.15, -0.1) is 0 Å². The van der Waals surface area contributed by atoms with Gasteiger partial charge in [-0.2, -0.15) is 0 Å². The fourth-order valence-corrected chi connectivity index (χ4v) is 1.30. The minimum atomic E-state index is 0.438. The Labute approximate surface area is 90.5 Å². The van der Waals surface area contributed by atoms with Gasteiger partial charge in [-0.3, -0.25) is 0 Å². The van der Waals surface area contributed by atoms with Crippen LogP contribution in [0.4, 0.5) is 0 Å². The Bertz CT molecular complexity index is 323. The molecule has 0 fully saturated rings. The van der Waals surface area contributed by atoms with Crippen molar-refractivity contribution in [3.05, 3.63) is 36.4 Å². The molecule has 0 unspecified atom stereocenters. The third kappa shape index (κ3) is 2.99. The number of para-hydroxylation sites is 1. The number of benzene rings is 1. The van der Waals surface area contributed by atoms with E-state index in [1.54, 1.807) is 6.08 Å². The highest BCUT2D eigenvalue weighted by Crippen LogP contribution is 2.31. The highest BCUT2D eigenvalue weighted by Gasteiger charge is 2.08. The van der Waals surface area contributed by atoms with Gasteiger partial charge in [0.25, 0.3) is 0 Å². The fraction of sp³-hybridized carbons (Fsp3) is 0.333. The topological polar surface area (TPSA) is 44.5 Å². The minimum Gasteiger partial charge on any atom is -0.490 e. The summed E-state index contributed by atoms with van der Waals surface area (Å²) in [6, 6.07) is 5.72. The van der Waals surface area contributed by atoms with E-state index in [-0.39, 0.29) is 0 Å². The Hall–Kier alpha value is -1.48. The van der Waals surface area contributed by atoms with E-state index in [1.807, 2.05) is 25.1 Å². The lowest BCUT2D eigenvalue weighted by molar-refractivity contribution is 0.294. The van der Waals surface area contributed by atoms with E-state index < -0.39 is 0 Å². The fourth-order valence-electron chi connectivity index (χ4n) is 1.30. The zero-order valence-electron chi connectivity index (χ0n) is 9.03. The van der Waals surface area contributed by atoms with E-state index in [2.05, 4.69) is 6.58 Å². The summed E-state index contributed by atoms with van der Waals surface area (Å²) < 4.78 is 11.0. The summed E-state index contributed by atoms with van der Waals surface area (Å²) in [6.45, 7) is 7.05. The summed E-state index contributed by atoms with van der Waals surface area (Å²) in [5, 5.41) is 0. The monoisotopic (exact) mass is 207 g/mol. The maximum absolute atomic E-state index is 5.63. The van der Waals surface area contributed by atoms with Crippen LogP contribution in [0.2, 0.25) is 0 Å². The Morgan fingerprint density at radius 2 is 2.20 bits per heavy atom. The maximum atomic E-state index is 5.63. The smallest absolute Gasteiger partial charge is 0.166 e. The zero-order chi connectivity index (χ0) is 11.1. The number of hydrogen-bond acceptors (Lipinski definition) is 3. The van der Waals surface area contributed by atoms with Crippen LogP contribution in [0.15, 0.2) is 30.9 Å². The molecule has 1 aromatic rings. The molecule has 0 saturated heterocycles. The first-order chi connectivity index (χ1) is 7.33. The van der Waals surface area contributed by atoms with E-state index in [4.69, 9.17) is 15.2 Å². The zero-order valence-corrected chi connectivity index (χ0v) is 9.03. The van der Waals surface area contributed by atoms with E-state index in [0.29, 0.717) is 19.8 Å². The predicted molar refractivity (Wildman–Crippen MR) is 61.2 cm³/mol. The molecular weight excluding hydrogens is 190 g/mol. The molecular formula is C12H17NO2. The Balaban J connectivity index is 2.96. The summed E-state index contributed by atoms with van der Waals surface area (Å²) in [4.78, 5) is 0. The summed E-state index contributed by atoms with van der Waals surface area (Å²) in [5.74, 6) is 1.46. The summed E-state index contributed by atoms with van der Waals surface area (Å²) in [7, 11) is 0. The van der Waals surface area contributed by atoms with Gasteiger partial charge in [0, 0.05) is 12.1 Å². The van der Waals surface area contributed by atoms with E-state index in [1.165, 1.54) is 0 Å². The van der Waals surface area contributed by atoms with Crippen LogP contribution in [0, 0.1) is 0 Å². The molecule has 1 aromatic carbocycles. The SMILES string of the molecule is C=CCOc1c(CN)cccc1OCC. The molecule has 0 aliphatic heterocycles. The summed E-state index contributed by atoms with van der Waals surface area (Å²) in [5.41, 5.74) is 6.57. The number of nitrogens with two attached hydrogens (primary N) is 1. The first-order valence-corrected chi connectivity index (χ1v) is 5.02. The average Bonchev–Trinajstić information content (AvgIpc) is 2.27. The molecule has 3 nitrogen and oxygen atoms in total. The highest BCUT2D eigenvalue weighted by molar-refractivity contribution is 5.46. The van der Waals surface area contributed by atoms with Crippen molar-refractivity contribution < 1.29 is 9.47 Å². The van der Waals surface area contributed by atoms with E-state index in [9.17, 15) is 0 Å². The van der Waals surface area contributed by atoms with Crippen LogP contribution in [0.25, 0.3) is 0 Å². The largest absolute Gasteiger partial charge is 0.490 e. The summed E-state index contributed by atoms with van der Waals surface area (Å²) in [6.07, 6.45) is 1.70. The predicted octanol–water partition coefficient (Wildman–Crippen LogP) is 2.11. The lowest BCUT2D eigenvalue weighted by Crippen LogP contribution is -2.05. The lowest BCUT2D eigenvalue weighted by Gasteiger charge is -2.13. The molecule has 0 radical (unpaired) electrons. The first kappa shape index (κ1) is 11.6. The van der Waals surface area contributed by atoms with Gasteiger partial charge in [-0.1, -0.05) is 24.8 Å². The Kier molecular flexibility index (Phi) is 4.71. The number of rotatable bonds is 6. The third-order valence-electron chi connectivity index (χ3n) is 1.93. The van der Waals surface area contributed by atoms with Crippen molar-refractivity contribution in [2.75, 3.05) is 13.2 Å². The molecule has 0 aliphatic carbocycles. The Morgan fingerprint density at radius 1 is 1.40 bits per heavy atom. The van der Waals surface area contributed by atoms with E-state index in [0.717, 1.165) is 17.1 Å². The van der Waals surface area contributed by atoms with Crippen molar-refractivity contribution in [2.45, 2.75) is 13.5 Å². The van der Waals surface area contributed by atoms with E-state index >= 15 is 0 Å². The molecule has 15 heavy (non-hydrogen) atoms. The van der Waals surface area contributed by atoms with Crippen molar-refractivity contribution in [1.29, 1.82) is 0 Å². The molecule has 2 N–H and O–H groups in total. The molecule has 3 heteroatoms. The quantitative estimate of drug-likeness (QED) is 0.726. The van der Waals surface area contributed by atoms with Gasteiger partial charge < -0.3 is 15.2 Å². The van der Waals surface area contributed by atoms with Crippen LogP contribution in [-0.2, 0) is 6.54 Å². The molecule has 0 aromatic heterocycles. The second-order valence-electron chi connectivity index (χ2n) is 2.98. The second kappa shape index (κ2) is 6.09. The summed E-state index contributed by atoms with van der Waals surface area (Å²) >= 11 is 0. The number of hydrogen-bond donors (Lipinski definition) is 1. The minimum absolute atomic E-state index is 0.438. The second-order valence-corrected chi connectivity index (χ2v) is 2.98. The van der Waals surface area contributed by atoms with Gasteiger partial charge in [0.2, 0.25) is 0 Å². The molecule has 0 heterocycles. The number of ether oxygens (including phenoxy) is 2. The van der Waals surface area contributed by atoms with Gasteiger partial charge in [-0.05, 0) is 13.0 Å². The van der Waals surface area contributed by atoms with Crippen LogP contribution in [0.5, 0.6) is 11.5 Å². The molecule has 0 bridgehead atoms. The molecule has 0 amide bonds. The standard InChI is InChI=1S/C12H17NO2/c1-3-8-15-12-10(9-13)6-5-7-11(12)14-4-2/h3,5-7H,1,4,8-9,13H2,2H3. The van der Waals surface area contributed by atoms with Gasteiger partial charge in [-0.25, -0.2) is 0 Å². The maximum Gasteiger partial charge on any atom is 0.166 e. The molecule has 1 rings (SSSR count). The normalized spacial score (nSPS) is 9.73. The molecule has 0 saturated carbocycles. The van der Waals surface area contributed by atoms with Gasteiger partial charge in [0.15, 0.2) is 11.5 Å². The van der Waals surface area contributed by atoms with Crippen molar-refractivity contribution >= 4 is 0 Å². The van der Waals surface area contributed by atoms with Crippen LogP contribution in [-0.4, -0.2) is 13.2 Å². The average molecular weight is 207 g/mol. The lowest BCUT2D eigenvalue weighted by atomic mass is 10.2. The van der Waals surface area contributed by atoms with Crippen LogP contribution >= 0.6 is 0 Å². The van der Waals surface area contributed by atoms with Crippen molar-refractivity contribution in [2.24, 2.45) is 5.73 Å². The first-order valence-electron chi connectivity index (χ1n) is 5.02. The molecule has 0 spiro atoms. The van der Waals surface area contributed by atoms with Crippen molar-refractivity contribution in [1.82, 2.24) is 0 Å². The Morgan fingerprint density at radius 3 is 2.80 bits per heavy atom. The highest BCUT2D eigenvalue weighted by atomic mass is 16.5. The van der Waals surface area contributed by atoms with Crippen LogP contribution in [0.3, 0.4) is 0 Å². The van der Waals surface area contributed by atoms with Gasteiger partial charge in [0.05, 0.1) is 6.61 Å². The third-order valence-corrected chi connectivity index (χ3v) is 1.93. The van der Waals surface area contributed by atoms with Crippen LogP contribution < -0.4 is 15.2 Å². The van der Waals surface area contributed by atoms with Gasteiger partial charge >= 0.3 is 0 Å². The van der Waals surface area contributed by atoms with Gasteiger partial charge in [0.1, 0.15) is 6.61 Å².